The number of para-hydroxylation sites is 1. The van der Waals surface area contributed by atoms with Crippen molar-refractivity contribution < 1.29 is 9.53 Å². The Bertz CT molecular complexity index is 820. The number of halogens is 1. The highest BCUT2D eigenvalue weighted by Gasteiger charge is 2.29. The van der Waals surface area contributed by atoms with Gasteiger partial charge in [0.15, 0.2) is 5.60 Å². The fraction of sp³-hybridized carbons (Fsp3) is 0.211. The molecule has 1 heterocycles. The summed E-state index contributed by atoms with van der Waals surface area (Å²) in [4.78, 5) is 15.7. The summed E-state index contributed by atoms with van der Waals surface area (Å²) in [7, 11) is 0. The number of benzene rings is 2. The summed E-state index contributed by atoms with van der Waals surface area (Å²) in [5.74, 6) is 0.418. The molecule has 0 fully saturated rings. The molecule has 0 aliphatic carbocycles. The van der Waals surface area contributed by atoms with Crippen molar-refractivity contribution in [2.45, 2.75) is 26.0 Å². The number of H-pyrrole nitrogens is 1. The van der Waals surface area contributed by atoms with E-state index in [0.717, 1.165) is 16.6 Å². The molecule has 124 valence electrons. The van der Waals surface area contributed by atoms with Crippen molar-refractivity contribution in [1.29, 1.82) is 0 Å². The van der Waals surface area contributed by atoms with Crippen LogP contribution in [-0.2, 0) is 11.3 Å². The van der Waals surface area contributed by atoms with E-state index in [1.165, 1.54) is 0 Å². The summed E-state index contributed by atoms with van der Waals surface area (Å²) in [6, 6.07) is 17.0. The van der Waals surface area contributed by atoms with Gasteiger partial charge in [-0.25, -0.2) is 0 Å². The molecule has 4 nitrogen and oxygen atoms in total. The first kappa shape index (κ1) is 16.4. The van der Waals surface area contributed by atoms with Crippen molar-refractivity contribution in [1.82, 2.24) is 10.3 Å². The van der Waals surface area contributed by atoms with Gasteiger partial charge in [-0.05, 0) is 55.6 Å². The number of carbonyl (C=O) groups is 1. The third kappa shape index (κ3) is 3.71. The molecule has 1 amide bonds. The predicted octanol–water partition coefficient (Wildman–Crippen LogP) is 4.30. The largest absolute Gasteiger partial charge is 0.478 e. The second kappa shape index (κ2) is 6.57. The number of nitrogens with one attached hydrogen (secondary N) is 2. The van der Waals surface area contributed by atoms with Gasteiger partial charge in [-0.15, -0.1) is 0 Å². The molecule has 0 aliphatic heterocycles. The van der Waals surface area contributed by atoms with E-state index in [9.17, 15) is 4.79 Å². The van der Waals surface area contributed by atoms with Gasteiger partial charge < -0.3 is 15.0 Å². The molecule has 0 bridgehead atoms. The van der Waals surface area contributed by atoms with Crippen LogP contribution in [-0.4, -0.2) is 16.5 Å². The summed E-state index contributed by atoms with van der Waals surface area (Å²) >= 11 is 5.86. The molecule has 0 radical (unpaired) electrons. The van der Waals surface area contributed by atoms with E-state index in [4.69, 9.17) is 16.3 Å². The molecular formula is C19H19ClN2O2. The normalized spacial score (nSPS) is 11.5. The molecule has 0 unspecified atom stereocenters. The maximum Gasteiger partial charge on any atom is 0.263 e. The van der Waals surface area contributed by atoms with Crippen molar-refractivity contribution in [3.63, 3.8) is 0 Å². The van der Waals surface area contributed by atoms with Crippen LogP contribution < -0.4 is 10.1 Å². The average Bonchev–Trinajstić information content (AvgIpc) is 2.97. The van der Waals surface area contributed by atoms with Crippen LogP contribution >= 0.6 is 11.6 Å². The van der Waals surface area contributed by atoms with Gasteiger partial charge in [0.05, 0.1) is 6.54 Å². The molecule has 3 rings (SSSR count). The molecule has 1 aromatic heterocycles. The Morgan fingerprint density at radius 3 is 2.58 bits per heavy atom. The molecule has 0 aliphatic rings. The van der Waals surface area contributed by atoms with Crippen LogP contribution in [0.2, 0.25) is 5.02 Å². The van der Waals surface area contributed by atoms with E-state index in [1.54, 1.807) is 38.1 Å². The van der Waals surface area contributed by atoms with Crippen LogP contribution in [0.1, 0.15) is 19.5 Å². The molecule has 0 atom stereocenters. The first-order valence-electron chi connectivity index (χ1n) is 7.73. The van der Waals surface area contributed by atoms with Crippen molar-refractivity contribution in [3.05, 3.63) is 65.3 Å². The number of fused-ring (bicyclic) bond motifs is 1. The van der Waals surface area contributed by atoms with E-state index in [0.29, 0.717) is 17.3 Å². The van der Waals surface area contributed by atoms with E-state index in [2.05, 4.69) is 10.3 Å². The standard InChI is InChI=1S/C19H19ClN2O2/c1-19(2,24-16-9-7-14(20)8-10-16)18(23)21-12-15-11-13-5-3-4-6-17(13)22-15/h3-11,22H,12H2,1-2H3,(H,21,23). The highest BCUT2D eigenvalue weighted by Crippen LogP contribution is 2.21. The zero-order valence-corrected chi connectivity index (χ0v) is 14.4. The van der Waals surface area contributed by atoms with Crippen molar-refractivity contribution in [2.75, 3.05) is 0 Å². The van der Waals surface area contributed by atoms with Crippen molar-refractivity contribution >= 4 is 28.4 Å². The maximum absolute atomic E-state index is 12.4. The van der Waals surface area contributed by atoms with Gasteiger partial charge in [0.1, 0.15) is 5.75 Å². The zero-order valence-electron chi connectivity index (χ0n) is 13.6. The predicted molar refractivity (Wildman–Crippen MR) is 96.3 cm³/mol. The van der Waals surface area contributed by atoms with Crippen molar-refractivity contribution in [3.8, 4) is 5.75 Å². The third-order valence-electron chi connectivity index (χ3n) is 3.76. The minimum absolute atomic E-state index is 0.184. The van der Waals surface area contributed by atoms with E-state index in [-0.39, 0.29) is 5.91 Å². The fourth-order valence-electron chi connectivity index (χ4n) is 2.46. The Kier molecular flexibility index (Phi) is 4.49. The Morgan fingerprint density at radius 2 is 1.88 bits per heavy atom. The number of aromatic amines is 1. The summed E-state index contributed by atoms with van der Waals surface area (Å²) < 4.78 is 5.79. The second-order valence-corrected chi connectivity index (χ2v) is 6.57. The summed E-state index contributed by atoms with van der Waals surface area (Å²) in [5, 5.41) is 4.66. The van der Waals surface area contributed by atoms with E-state index < -0.39 is 5.60 Å². The van der Waals surface area contributed by atoms with Gasteiger partial charge in [0.25, 0.3) is 5.91 Å². The molecule has 3 aromatic rings. The quantitative estimate of drug-likeness (QED) is 0.726. The van der Waals surface area contributed by atoms with Gasteiger partial charge in [-0.3, -0.25) is 4.79 Å². The maximum atomic E-state index is 12.4. The minimum Gasteiger partial charge on any atom is -0.478 e. The van der Waals surface area contributed by atoms with Gasteiger partial charge in [-0.1, -0.05) is 29.8 Å². The topological polar surface area (TPSA) is 54.1 Å². The lowest BCUT2D eigenvalue weighted by atomic mass is 10.1. The number of aromatic nitrogens is 1. The lowest BCUT2D eigenvalue weighted by Crippen LogP contribution is -2.46. The van der Waals surface area contributed by atoms with Crippen molar-refractivity contribution in [2.24, 2.45) is 0 Å². The smallest absolute Gasteiger partial charge is 0.263 e. The van der Waals surface area contributed by atoms with E-state index >= 15 is 0 Å². The SMILES string of the molecule is CC(C)(Oc1ccc(Cl)cc1)C(=O)NCc1cc2ccccc2[nH]1. The van der Waals surface area contributed by atoms with Gasteiger partial charge >= 0.3 is 0 Å². The van der Waals surface area contributed by atoms with Crippen LogP contribution in [0.3, 0.4) is 0 Å². The molecule has 2 N–H and O–H groups in total. The van der Waals surface area contributed by atoms with Crippen LogP contribution in [0.5, 0.6) is 5.75 Å². The lowest BCUT2D eigenvalue weighted by Gasteiger charge is -2.25. The first-order valence-corrected chi connectivity index (χ1v) is 8.11. The molecule has 24 heavy (non-hydrogen) atoms. The monoisotopic (exact) mass is 342 g/mol. The minimum atomic E-state index is -0.986. The number of amides is 1. The Morgan fingerprint density at radius 1 is 1.17 bits per heavy atom. The summed E-state index contributed by atoms with van der Waals surface area (Å²) in [6.45, 7) is 3.89. The van der Waals surface area contributed by atoms with Crippen LogP contribution in [0.15, 0.2) is 54.6 Å². The Labute approximate surface area is 145 Å². The summed E-state index contributed by atoms with van der Waals surface area (Å²) in [5.41, 5.74) is 1.02. The molecule has 0 spiro atoms. The second-order valence-electron chi connectivity index (χ2n) is 6.13. The molecule has 0 saturated carbocycles. The van der Waals surface area contributed by atoms with Gasteiger partial charge in [0.2, 0.25) is 0 Å². The highest BCUT2D eigenvalue weighted by atomic mass is 35.5. The van der Waals surface area contributed by atoms with Gasteiger partial charge in [-0.2, -0.15) is 0 Å². The number of carbonyl (C=O) groups excluding carboxylic acids is 1. The van der Waals surface area contributed by atoms with Crippen LogP contribution in [0.25, 0.3) is 10.9 Å². The lowest BCUT2D eigenvalue weighted by molar-refractivity contribution is -0.134. The highest BCUT2D eigenvalue weighted by molar-refractivity contribution is 6.30. The first-order chi connectivity index (χ1) is 11.4. The van der Waals surface area contributed by atoms with Crippen LogP contribution in [0.4, 0.5) is 0 Å². The molecule has 0 saturated heterocycles. The Hall–Kier alpha value is -2.46. The number of rotatable bonds is 5. The Balaban J connectivity index is 1.63. The van der Waals surface area contributed by atoms with Crippen LogP contribution in [0, 0.1) is 0 Å². The molecule has 2 aromatic carbocycles. The molecule has 5 heteroatoms. The van der Waals surface area contributed by atoms with E-state index in [1.807, 2.05) is 30.3 Å². The third-order valence-corrected chi connectivity index (χ3v) is 4.01. The number of ether oxygens (including phenoxy) is 1. The number of hydrogen-bond donors (Lipinski definition) is 2. The zero-order chi connectivity index (χ0) is 17.2. The fourth-order valence-corrected chi connectivity index (χ4v) is 2.59. The molecular weight excluding hydrogens is 324 g/mol. The summed E-state index contributed by atoms with van der Waals surface area (Å²) in [6.07, 6.45) is 0. The average molecular weight is 343 g/mol. The number of hydrogen-bond acceptors (Lipinski definition) is 2. The van der Waals surface area contributed by atoms with Gasteiger partial charge in [0, 0.05) is 16.2 Å².